The molecule has 0 bridgehead atoms. The van der Waals surface area contributed by atoms with Crippen LogP contribution in [0.3, 0.4) is 0 Å². The fraction of sp³-hybridized carbons (Fsp3) is 0.250. The summed E-state index contributed by atoms with van der Waals surface area (Å²) in [5.41, 5.74) is 0.148. The number of halogens is 2. The molecule has 2 aromatic rings. The zero-order valence-corrected chi connectivity index (χ0v) is 15.4. The van der Waals surface area contributed by atoms with E-state index < -0.39 is 0 Å². The molecule has 17 heavy (non-hydrogen) atoms. The maximum atomic E-state index is 10.4. The van der Waals surface area contributed by atoms with Crippen LogP contribution in [0, 0.1) is 0 Å². The maximum Gasteiger partial charge on any atom is 2.00 e. The zero-order valence-electron chi connectivity index (χ0n) is 9.30. The second kappa shape index (κ2) is 11.2. The normalized spacial score (nSPS) is 7.65. The summed E-state index contributed by atoms with van der Waals surface area (Å²) >= 11 is 2.82. The van der Waals surface area contributed by atoms with Crippen molar-refractivity contribution in [3.63, 3.8) is 0 Å². The van der Waals surface area contributed by atoms with Gasteiger partial charge in [0.1, 0.15) is 0 Å². The first-order chi connectivity index (χ1) is 6.61. The Morgan fingerprint density at radius 2 is 1.18 bits per heavy atom. The Hall–Kier alpha value is 0.0634. The van der Waals surface area contributed by atoms with Gasteiger partial charge in [0.2, 0.25) is 0 Å². The van der Waals surface area contributed by atoms with Gasteiger partial charge < -0.3 is 24.8 Å². The average molecular weight is 367 g/mol. The minimum atomic E-state index is 0. The molecule has 0 saturated carbocycles. The molecule has 0 atom stereocenters. The van der Waals surface area contributed by atoms with E-state index >= 15 is 0 Å². The maximum absolute atomic E-state index is 10.4. The molecule has 0 aliphatic rings. The molecule has 0 saturated heterocycles. The molecule has 4 nitrogen and oxygen atoms in total. The number of aryl methyl sites for hydroxylation is 2. The monoisotopic (exact) mass is 364 g/mol. The van der Waals surface area contributed by atoms with Gasteiger partial charge in [-0.05, 0) is 0 Å². The summed E-state index contributed by atoms with van der Waals surface area (Å²) in [5, 5.41) is 3.53. The largest absolute Gasteiger partial charge is 2.00 e. The van der Waals surface area contributed by atoms with Gasteiger partial charge in [0.15, 0.2) is 0 Å². The van der Waals surface area contributed by atoms with Crippen molar-refractivity contribution in [2.75, 3.05) is 0 Å². The van der Waals surface area contributed by atoms with Crippen LogP contribution in [0.1, 0.15) is 0 Å². The standard InChI is InChI=1S/2C4H5NOS.2ClH.Zn/c2*1-5-4(6)2-3-7-5;;;/h2*2-3H,1H3;2*1H;/q;;;;+2/p-2. The fourth-order valence-corrected chi connectivity index (χ4v) is 1.72. The smallest absolute Gasteiger partial charge is 1.00 e. The summed E-state index contributed by atoms with van der Waals surface area (Å²) in [5.74, 6) is 0. The van der Waals surface area contributed by atoms with Crippen LogP contribution in [0.15, 0.2) is 32.5 Å². The van der Waals surface area contributed by atoms with Crippen LogP contribution in [0.5, 0.6) is 0 Å². The quantitative estimate of drug-likeness (QED) is 0.438. The van der Waals surface area contributed by atoms with Gasteiger partial charge in [-0.3, -0.25) is 17.5 Å². The summed E-state index contributed by atoms with van der Waals surface area (Å²) in [7, 11) is 3.49. The molecule has 2 rings (SSSR count). The number of hydrogen-bond acceptors (Lipinski definition) is 4. The second-order valence-corrected chi connectivity index (χ2v) is 4.55. The summed E-state index contributed by atoms with van der Waals surface area (Å²) in [6.45, 7) is 0. The molecule has 0 aliphatic carbocycles. The third kappa shape index (κ3) is 7.89. The van der Waals surface area contributed by atoms with Gasteiger partial charge in [0, 0.05) is 37.0 Å². The Morgan fingerprint density at radius 3 is 1.24 bits per heavy atom. The van der Waals surface area contributed by atoms with Crippen molar-refractivity contribution >= 4 is 23.1 Å². The predicted octanol–water partition coefficient (Wildman–Crippen LogP) is -5.10. The van der Waals surface area contributed by atoms with Crippen LogP contribution in [-0.4, -0.2) is 7.91 Å². The first-order valence-corrected chi connectivity index (χ1v) is 5.50. The van der Waals surface area contributed by atoms with E-state index in [1.165, 1.54) is 23.1 Å². The van der Waals surface area contributed by atoms with Crippen molar-refractivity contribution < 1.29 is 44.3 Å². The molecule has 2 aromatic heterocycles. The van der Waals surface area contributed by atoms with Crippen LogP contribution in [0.25, 0.3) is 0 Å². The third-order valence-electron chi connectivity index (χ3n) is 1.48. The Balaban J connectivity index is -0.000000196. The van der Waals surface area contributed by atoms with E-state index in [0.717, 1.165) is 0 Å². The number of hydrogen-bond donors (Lipinski definition) is 0. The van der Waals surface area contributed by atoms with Crippen LogP contribution >= 0.6 is 23.1 Å². The van der Waals surface area contributed by atoms with Crippen molar-refractivity contribution in [3.05, 3.63) is 43.6 Å². The van der Waals surface area contributed by atoms with E-state index in [0.29, 0.717) is 0 Å². The van der Waals surface area contributed by atoms with E-state index in [4.69, 9.17) is 0 Å². The van der Waals surface area contributed by atoms with E-state index in [1.807, 2.05) is 0 Å². The van der Waals surface area contributed by atoms with Gasteiger partial charge in [0.25, 0.3) is 11.1 Å². The Labute approximate surface area is 132 Å². The van der Waals surface area contributed by atoms with Crippen molar-refractivity contribution in [3.8, 4) is 0 Å². The van der Waals surface area contributed by atoms with E-state index in [1.54, 1.807) is 44.9 Å². The van der Waals surface area contributed by atoms with Crippen molar-refractivity contribution in [1.82, 2.24) is 7.91 Å². The van der Waals surface area contributed by atoms with Gasteiger partial charge >= 0.3 is 19.5 Å². The van der Waals surface area contributed by atoms with E-state index in [2.05, 4.69) is 0 Å². The molecular weight excluding hydrogens is 357 g/mol. The molecule has 0 unspecified atom stereocenters. The van der Waals surface area contributed by atoms with Crippen molar-refractivity contribution in [2.24, 2.45) is 14.1 Å². The molecule has 0 N–H and O–H groups in total. The SMILES string of the molecule is Cn1sccc1=O.Cn1sccc1=O.[Cl-].[Cl-].[Zn+2]. The molecule has 92 valence electrons. The molecule has 9 heteroatoms. The van der Waals surface area contributed by atoms with E-state index in [9.17, 15) is 9.59 Å². The second-order valence-electron chi connectivity index (χ2n) is 2.49. The summed E-state index contributed by atoms with van der Waals surface area (Å²) in [4.78, 5) is 20.8. The molecule has 0 fully saturated rings. The average Bonchev–Trinajstić information content (AvgIpc) is 2.67. The van der Waals surface area contributed by atoms with Crippen LogP contribution in [0.4, 0.5) is 0 Å². The zero-order chi connectivity index (χ0) is 10.6. The Bertz CT molecular complexity index is 459. The van der Waals surface area contributed by atoms with Gasteiger partial charge in [0.05, 0.1) is 0 Å². The van der Waals surface area contributed by atoms with Crippen LogP contribution in [-0.2, 0) is 33.6 Å². The molecule has 2 heterocycles. The minimum Gasteiger partial charge on any atom is -1.00 e. The van der Waals surface area contributed by atoms with Gasteiger partial charge in [-0.1, -0.05) is 23.1 Å². The minimum absolute atomic E-state index is 0. The first-order valence-electron chi connectivity index (χ1n) is 3.83. The first kappa shape index (κ1) is 22.3. The van der Waals surface area contributed by atoms with Gasteiger partial charge in [-0.15, -0.1) is 0 Å². The topological polar surface area (TPSA) is 44.0 Å². The molecule has 0 aliphatic heterocycles. The number of nitrogens with zero attached hydrogens (tertiary/aromatic N) is 2. The van der Waals surface area contributed by atoms with Crippen LogP contribution < -0.4 is 35.9 Å². The van der Waals surface area contributed by atoms with Gasteiger partial charge in [-0.2, -0.15) is 0 Å². The molecule has 0 radical (unpaired) electrons. The summed E-state index contributed by atoms with van der Waals surface area (Å²) in [6.07, 6.45) is 0. The fourth-order valence-electron chi connectivity index (χ4n) is 0.674. The Morgan fingerprint density at radius 1 is 0.882 bits per heavy atom. The molecular formula is C8H10Cl2N2O2S2Zn. The third-order valence-corrected chi connectivity index (χ3v) is 2.99. The van der Waals surface area contributed by atoms with Gasteiger partial charge in [-0.25, -0.2) is 0 Å². The van der Waals surface area contributed by atoms with Crippen molar-refractivity contribution in [2.45, 2.75) is 0 Å². The predicted molar refractivity (Wildman–Crippen MR) is 59.1 cm³/mol. The summed E-state index contributed by atoms with van der Waals surface area (Å²) in [6, 6.07) is 3.09. The molecule has 0 spiro atoms. The number of aromatic nitrogens is 2. The molecule has 0 aromatic carbocycles. The molecule has 0 amide bonds. The summed E-state index contributed by atoms with van der Waals surface area (Å²) < 4.78 is 3.14. The Kier molecular flexibility index (Phi) is 14.6. The number of rotatable bonds is 0. The van der Waals surface area contributed by atoms with Crippen molar-refractivity contribution in [1.29, 1.82) is 0 Å². The van der Waals surface area contributed by atoms with Crippen LogP contribution in [0.2, 0.25) is 0 Å². The van der Waals surface area contributed by atoms with E-state index in [-0.39, 0.29) is 55.4 Å².